The number of carbonyl (C=O) groups excluding carboxylic acids is 1. The Morgan fingerprint density at radius 3 is 2.00 bits per heavy atom. The molecule has 0 aliphatic carbocycles. The van der Waals surface area contributed by atoms with Crippen LogP contribution in [0.1, 0.15) is 15.2 Å². The number of carbonyl (C=O) groups is 2. The second-order valence-electron chi connectivity index (χ2n) is 1.63. The molecule has 0 amide bonds. The van der Waals surface area contributed by atoms with Gasteiger partial charge >= 0.3 is 5.97 Å². The van der Waals surface area contributed by atoms with E-state index in [1.807, 2.05) is 0 Å². The minimum absolute atomic E-state index is 1.08. The minimum Gasteiger partial charge on any atom is -0.475 e. The fourth-order valence-corrected chi connectivity index (χ4v) is 0.214. The van der Waals surface area contributed by atoms with Gasteiger partial charge < -0.3 is 5.11 Å². The Balaban J connectivity index is 4.23. The zero-order valence-electron chi connectivity index (χ0n) is 5.76. The fraction of sp³-hybridized carbons (Fsp3) is 0.600. The van der Waals surface area contributed by atoms with Gasteiger partial charge in [-0.3, -0.25) is 4.79 Å². The lowest BCUT2D eigenvalue weighted by molar-refractivity contribution is -0.150. The number of carboxylic acids is 1. The highest BCUT2D eigenvalue weighted by Crippen LogP contribution is 1.92. The highest BCUT2D eigenvalue weighted by atomic mass is 16.4. The van der Waals surface area contributed by atoms with Crippen molar-refractivity contribution in [3.63, 3.8) is 0 Å². The van der Waals surface area contributed by atoms with Crippen LogP contribution in [0.4, 0.5) is 0 Å². The first-order valence-corrected chi connectivity index (χ1v) is 2.13. The standard InChI is InChI=1S/C5H8O3/c1-3(2)4(6)5(7)8/h3H,1-2H3,(H,7,8)/i1+1,3D. The molecule has 0 heterocycles. The second-order valence-corrected chi connectivity index (χ2v) is 1.63. The van der Waals surface area contributed by atoms with E-state index in [0.717, 1.165) is 0 Å². The largest absolute Gasteiger partial charge is 0.475 e. The lowest BCUT2D eigenvalue weighted by atomic mass is 10.2. The summed E-state index contributed by atoms with van der Waals surface area (Å²) in [5.41, 5.74) is 0. The summed E-state index contributed by atoms with van der Waals surface area (Å²) in [5, 5.41) is 8.05. The summed E-state index contributed by atoms with van der Waals surface area (Å²) in [7, 11) is 0. The monoisotopic (exact) mass is 118 g/mol. The summed E-state index contributed by atoms with van der Waals surface area (Å²) in [6, 6.07) is 0. The van der Waals surface area contributed by atoms with Crippen LogP contribution < -0.4 is 0 Å². The summed E-state index contributed by atoms with van der Waals surface area (Å²) < 4.78 is 6.94. The SMILES string of the molecule is [2H]C(C)([13CH3])C(=O)C(=O)O. The molecule has 3 heteroatoms. The lowest BCUT2D eigenvalue weighted by Gasteiger charge is -1.93. The molecule has 1 atom stereocenters. The Bertz CT molecular complexity index is 145. The third-order valence-corrected chi connectivity index (χ3v) is 0.648. The molecule has 0 fully saturated rings. The molecule has 0 saturated carbocycles. The van der Waals surface area contributed by atoms with Crippen molar-refractivity contribution in [2.45, 2.75) is 13.8 Å². The first-order chi connectivity index (χ1) is 3.85. The van der Waals surface area contributed by atoms with Crippen molar-refractivity contribution < 1.29 is 16.1 Å². The second kappa shape index (κ2) is 2.45. The van der Waals surface area contributed by atoms with Crippen molar-refractivity contribution in [1.29, 1.82) is 0 Å². The molecule has 0 aliphatic rings. The average molecular weight is 118 g/mol. The zero-order valence-corrected chi connectivity index (χ0v) is 4.76. The number of rotatable bonds is 2. The van der Waals surface area contributed by atoms with E-state index in [1.165, 1.54) is 13.8 Å². The average Bonchev–Trinajstić information content (AvgIpc) is 1.62. The maximum Gasteiger partial charge on any atom is 0.372 e. The van der Waals surface area contributed by atoms with Crippen LogP contribution in [0.25, 0.3) is 0 Å². The Labute approximate surface area is 48.7 Å². The van der Waals surface area contributed by atoms with Gasteiger partial charge in [-0.15, -0.1) is 0 Å². The molecule has 0 aromatic heterocycles. The van der Waals surface area contributed by atoms with Crippen LogP contribution >= 0.6 is 0 Å². The van der Waals surface area contributed by atoms with Crippen LogP contribution in [0.5, 0.6) is 0 Å². The van der Waals surface area contributed by atoms with Crippen molar-refractivity contribution in [2.75, 3.05) is 0 Å². The van der Waals surface area contributed by atoms with Gasteiger partial charge in [-0.1, -0.05) is 13.8 Å². The first kappa shape index (κ1) is 5.28. The van der Waals surface area contributed by atoms with Crippen LogP contribution in [-0.2, 0) is 9.59 Å². The number of aliphatic carboxylic acids is 1. The van der Waals surface area contributed by atoms with E-state index < -0.39 is 17.6 Å². The Hall–Kier alpha value is -0.860. The van der Waals surface area contributed by atoms with Gasteiger partial charge in [0.15, 0.2) is 0 Å². The Morgan fingerprint density at radius 1 is 1.62 bits per heavy atom. The van der Waals surface area contributed by atoms with E-state index in [-0.39, 0.29) is 0 Å². The molecule has 1 unspecified atom stereocenters. The molecule has 0 radical (unpaired) electrons. The van der Waals surface area contributed by atoms with Crippen LogP contribution in [-0.4, -0.2) is 16.9 Å². The predicted molar refractivity (Wildman–Crippen MR) is 27.5 cm³/mol. The van der Waals surface area contributed by atoms with Gasteiger partial charge in [-0.05, 0) is 0 Å². The van der Waals surface area contributed by atoms with E-state index in [9.17, 15) is 9.59 Å². The molecule has 0 bridgehead atoms. The topological polar surface area (TPSA) is 54.4 Å². The van der Waals surface area contributed by atoms with Crippen LogP contribution in [0.15, 0.2) is 0 Å². The number of carboxylic acid groups (broad SMARTS) is 1. The number of ketones is 1. The normalized spacial score (nSPS) is 18.5. The Morgan fingerprint density at radius 2 is 2.00 bits per heavy atom. The molecule has 46 valence electrons. The summed E-state index contributed by atoms with van der Waals surface area (Å²) in [5.74, 6) is -4.14. The van der Waals surface area contributed by atoms with Crippen molar-refractivity contribution in [1.82, 2.24) is 0 Å². The molecular formula is C5H8O3. The van der Waals surface area contributed by atoms with Gasteiger partial charge in [-0.2, -0.15) is 0 Å². The lowest BCUT2D eigenvalue weighted by Crippen LogP contribution is -2.18. The smallest absolute Gasteiger partial charge is 0.372 e. The first-order valence-electron chi connectivity index (χ1n) is 2.63. The minimum atomic E-state index is -1.55. The summed E-state index contributed by atoms with van der Waals surface area (Å²) >= 11 is 0. The van der Waals surface area contributed by atoms with Crippen molar-refractivity contribution >= 4 is 11.8 Å². The van der Waals surface area contributed by atoms with Gasteiger partial charge in [0.25, 0.3) is 0 Å². The van der Waals surface area contributed by atoms with E-state index >= 15 is 0 Å². The highest BCUT2D eigenvalue weighted by molar-refractivity contribution is 6.33. The molecule has 0 aliphatic heterocycles. The summed E-state index contributed by atoms with van der Waals surface area (Å²) in [6.45, 7) is 2.48. The zero-order chi connectivity index (χ0) is 7.65. The maximum absolute atomic E-state index is 10.4. The number of hydrogen-bond donors (Lipinski definition) is 1. The molecule has 8 heavy (non-hydrogen) atoms. The predicted octanol–water partition coefficient (Wildman–Crippen LogP) is 0.296. The van der Waals surface area contributed by atoms with Gasteiger partial charge in [-0.25, -0.2) is 4.79 Å². The molecule has 0 rings (SSSR count). The van der Waals surface area contributed by atoms with Crippen molar-refractivity contribution in [3.05, 3.63) is 0 Å². The van der Waals surface area contributed by atoms with Gasteiger partial charge in [0.1, 0.15) is 0 Å². The maximum atomic E-state index is 10.4. The molecule has 0 spiro atoms. The number of hydrogen-bond acceptors (Lipinski definition) is 2. The van der Waals surface area contributed by atoms with E-state index in [4.69, 9.17) is 6.48 Å². The molecule has 3 nitrogen and oxygen atoms in total. The van der Waals surface area contributed by atoms with Crippen molar-refractivity contribution in [2.24, 2.45) is 5.89 Å². The third kappa shape index (κ3) is 1.73. The summed E-state index contributed by atoms with van der Waals surface area (Å²) in [4.78, 5) is 20.3. The van der Waals surface area contributed by atoms with Crippen LogP contribution in [0, 0.1) is 5.89 Å². The third-order valence-electron chi connectivity index (χ3n) is 0.648. The highest BCUT2D eigenvalue weighted by Gasteiger charge is 2.14. The van der Waals surface area contributed by atoms with Gasteiger partial charge in [0.2, 0.25) is 5.78 Å². The van der Waals surface area contributed by atoms with Crippen molar-refractivity contribution in [3.8, 4) is 0 Å². The van der Waals surface area contributed by atoms with E-state index in [0.29, 0.717) is 0 Å². The molecular weight excluding hydrogens is 109 g/mol. The van der Waals surface area contributed by atoms with Crippen LogP contribution in [0.2, 0.25) is 0 Å². The quantitative estimate of drug-likeness (QED) is 0.419. The van der Waals surface area contributed by atoms with Gasteiger partial charge in [0, 0.05) is 7.26 Å². The molecule has 1 N–H and O–H groups in total. The number of Topliss-reactive ketones (excluding diaryl/α,β-unsaturated/α-hetero) is 1. The molecule has 0 aromatic carbocycles. The van der Waals surface area contributed by atoms with Crippen LogP contribution in [0.3, 0.4) is 0 Å². The van der Waals surface area contributed by atoms with E-state index in [2.05, 4.69) is 0 Å². The van der Waals surface area contributed by atoms with E-state index in [1.54, 1.807) is 0 Å². The summed E-state index contributed by atoms with van der Waals surface area (Å²) in [6.07, 6.45) is 0. The molecule has 0 aromatic rings. The Kier molecular flexibility index (Phi) is 1.62. The fourth-order valence-electron chi connectivity index (χ4n) is 0.214. The van der Waals surface area contributed by atoms with Gasteiger partial charge in [0.05, 0.1) is 0 Å². The molecule has 0 saturated heterocycles.